The van der Waals surface area contributed by atoms with Gasteiger partial charge >= 0.3 is 0 Å². The van der Waals surface area contributed by atoms with Crippen molar-refractivity contribution in [2.75, 3.05) is 5.73 Å². The first-order valence-electron chi connectivity index (χ1n) is 7.27. The van der Waals surface area contributed by atoms with Crippen LogP contribution in [0, 0.1) is 0 Å². The Morgan fingerprint density at radius 3 is 2.45 bits per heavy atom. The molecule has 0 fully saturated rings. The molecule has 0 aliphatic rings. The molecule has 3 nitrogen and oxygen atoms in total. The Labute approximate surface area is 121 Å². The van der Waals surface area contributed by atoms with E-state index in [4.69, 9.17) is 5.73 Å². The summed E-state index contributed by atoms with van der Waals surface area (Å²) in [4.78, 5) is 0. The summed E-state index contributed by atoms with van der Waals surface area (Å²) in [5.74, 6) is 0.783. The van der Waals surface area contributed by atoms with E-state index in [2.05, 4.69) is 57.1 Å². The number of anilines is 1. The summed E-state index contributed by atoms with van der Waals surface area (Å²) < 4.78 is 1.79. The fraction of sp³-hybridized carbons (Fsp3) is 0.471. The van der Waals surface area contributed by atoms with E-state index >= 15 is 0 Å². The molecular formula is C17H25N3. The average Bonchev–Trinajstić information content (AvgIpc) is 2.66. The third kappa shape index (κ3) is 2.58. The molecule has 0 aliphatic heterocycles. The first-order chi connectivity index (χ1) is 9.36. The van der Waals surface area contributed by atoms with Gasteiger partial charge in [-0.1, -0.05) is 58.4 Å². The Morgan fingerprint density at radius 1 is 1.20 bits per heavy atom. The minimum Gasteiger partial charge on any atom is -0.384 e. The van der Waals surface area contributed by atoms with Crippen LogP contribution >= 0.6 is 0 Å². The molecule has 1 aromatic carbocycles. The Hall–Kier alpha value is -1.77. The molecule has 1 heterocycles. The predicted molar refractivity (Wildman–Crippen MR) is 85.8 cm³/mol. The van der Waals surface area contributed by atoms with Crippen LogP contribution in [0.25, 0.3) is 11.3 Å². The van der Waals surface area contributed by atoms with Crippen molar-refractivity contribution < 1.29 is 0 Å². The number of aryl methyl sites for hydroxylation is 1. The highest BCUT2D eigenvalue weighted by molar-refractivity contribution is 5.72. The average molecular weight is 271 g/mol. The smallest absolute Gasteiger partial charge is 0.125 e. The van der Waals surface area contributed by atoms with Crippen molar-refractivity contribution in [3.05, 3.63) is 35.4 Å². The second-order valence-electron chi connectivity index (χ2n) is 6.38. The van der Waals surface area contributed by atoms with Crippen LogP contribution in [0.15, 0.2) is 24.3 Å². The molecule has 0 aliphatic carbocycles. The summed E-state index contributed by atoms with van der Waals surface area (Å²) in [7, 11) is 1.91. The van der Waals surface area contributed by atoms with Crippen molar-refractivity contribution >= 4 is 5.82 Å². The monoisotopic (exact) mass is 271 g/mol. The number of rotatable bonds is 3. The molecule has 1 aromatic heterocycles. The molecule has 0 unspecified atom stereocenters. The van der Waals surface area contributed by atoms with Crippen LogP contribution in [-0.2, 0) is 18.9 Å². The van der Waals surface area contributed by atoms with Gasteiger partial charge in [0, 0.05) is 18.2 Å². The number of nitrogen functional groups attached to an aromatic ring is 1. The second-order valence-corrected chi connectivity index (χ2v) is 6.38. The SMILES string of the molecule is CCCc1c(-c2ccccc2C(C)(C)C)nn(C)c1N. The molecular weight excluding hydrogens is 246 g/mol. The van der Waals surface area contributed by atoms with Crippen molar-refractivity contribution in [3.8, 4) is 11.3 Å². The second kappa shape index (κ2) is 5.31. The molecule has 0 amide bonds. The minimum absolute atomic E-state index is 0.0896. The van der Waals surface area contributed by atoms with Crippen LogP contribution in [0.2, 0.25) is 0 Å². The molecule has 0 atom stereocenters. The lowest BCUT2D eigenvalue weighted by Gasteiger charge is -2.22. The van der Waals surface area contributed by atoms with Gasteiger partial charge in [0.05, 0.1) is 5.69 Å². The number of hydrogen-bond acceptors (Lipinski definition) is 2. The molecule has 0 saturated carbocycles. The van der Waals surface area contributed by atoms with Gasteiger partial charge in [0.25, 0.3) is 0 Å². The van der Waals surface area contributed by atoms with Gasteiger partial charge in [-0.25, -0.2) is 0 Å². The number of hydrogen-bond donors (Lipinski definition) is 1. The standard InChI is InChI=1S/C17H25N3/c1-6-9-13-15(19-20(5)16(13)18)12-10-7-8-11-14(12)17(2,3)4/h7-8,10-11H,6,9,18H2,1-5H3. The molecule has 3 heteroatoms. The molecule has 2 rings (SSSR count). The highest BCUT2D eigenvalue weighted by Gasteiger charge is 2.22. The third-order valence-corrected chi connectivity index (χ3v) is 3.68. The summed E-state index contributed by atoms with van der Waals surface area (Å²) in [6.45, 7) is 8.87. The first-order valence-corrected chi connectivity index (χ1v) is 7.27. The normalized spacial score (nSPS) is 11.8. The maximum atomic E-state index is 6.19. The largest absolute Gasteiger partial charge is 0.384 e. The van der Waals surface area contributed by atoms with Crippen molar-refractivity contribution in [2.45, 2.75) is 46.0 Å². The maximum Gasteiger partial charge on any atom is 0.125 e. The van der Waals surface area contributed by atoms with Gasteiger partial charge in [0.2, 0.25) is 0 Å². The minimum atomic E-state index is 0.0896. The van der Waals surface area contributed by atoms with Crippen LogP contribution < -0.4 is 5.73 Å². The summed E-state index contributed by atoms with van der Waals surface area (Å²) >= 11 is 0. The lowest BCUT2D eigenvalue weighted by atomic mass is 9.82. The van der Waals surface area contributed by atoms with E-state index in [9.17, 15) is 0 Å². The van der Waals surface area contributed by atoms with Gasteiger partial charge in [-0.15, -0.1) is 0 Å². The Morgan fingerprint density at radius 2 is 1.85 bits per heavy atom. The first kappa shape index (κ1) is 14.6. The lowest BCUT2D eigenvalue weighted by molar-refractivity contribution is 0.591. The number of nitrogens with zero attached hydrogens (tertiary/aromatic N) is 2. The Bertz CT molecular complexity index is 603. The zero-order valence-electron chi connectivity index (χ0n) is 13.2. The zero-order chi connectivity index (χ0) is 14.9. The molecule has 0 spiro atoms. The van der Waals surface area contributed by atoms with E-state index in [0.29, 0.717) is 0 Å². The highest BCUT2D eigenvalue weighted by Crippen LogP contribution is 2.35. The van der Waals surface area contributed by atoms with E-state index in [1.165, 1.54) is 16.7 Å². The molecule has 0 radical (unpaired) electrons. The van der Waals surface area contributed by atoms with Crippen LogP contribution in [0.4, 0.5) is 5.82 Å². The van der Waals surface area contributed by atoms with E-state index in [-0.39, 0.29) is 5.41 Å². The summed E-state index contributed by atoms with van der Waals surface area (Å²) in [6, 6.07) is 8.51. The van der Waals surface area contributed by atoms with Crippen LogP contribution in [0.1, 0.15) is 45.2 Å². The fourth-order valence-corrected chi connectivity index (χ4v) is 2.64. The molecule has 2 aromatic rings. The summed E-state index contributed by atoms with van der Waals surface area (Å²) in [5.41, 5.74) is 11.0. The van der Waals surface area contributed by atoms with Gasteiger partial charge in [0.1, 0.15) is 5.82 Å². The van der Waals surface area contributed by atoms with E-state index in [1.807, 2.05) is 7.05 Å². The number of nitrogens with two attached hydrogens (primary N) is 1. The van der Waals surface area contributed by atoms with Crippen molar-refractivity contribution in [3.63, 3.8) is 0 Å². The number of benzene rings is 1. The van der Waals surface area contributed by atoms with Crippen molar-refractivity contribution in [1.82, 2.24) is 9.78 Å². The van der Waals surface area contributed by atoms with Gasteiger partial charge < -0.3 is 5.73 Å². The van der Waals surface area contributed by atoms with E-state index in [1.54, 1.807) is 4.68 Å². The Kier molecular flexibility index (Phi) is 3.89. The van der Waals surface area contributed by atoms with Crippen LogP contribution in [-0.4, -0.2) is 9.78 Å². The van der Waals surface area contributed by atoms with E-state index < -0.39 is 0 Å². The quantitative estimate of drug-likeness (QED) is 0.919. The van der Waals surface area contributed by atoms with Crippen molar-refractivity contribution in [2.24, 2.45) is 7.05 Å². The third-order valence-electron chi connectivity index (χ3n) is 3.68. The predicted octanol–water partition coefficient (Wildman–Crippen LogP) is 3.92. The van der Waals surface area contributed by atoms with Crippen molar-refractivity contribution in [1.29, 1.82) is 0 Å². The summed E-state index contributed by atoms with van der Waals surface area (Å²) in [6.07, 6.45) is 2.04. The van der Waals surface area contributed by atoms with Gasteiger partial charge in [-0.3, -0.25) is 4.68 Å². The van der Waals surface area contributed by atoms with Crippen LogP contribution in [0.3, 0.4) is 0 Å². The van der Waals surface area contributed by atoms with E-state index in [0.717, 1.165) is 24.4 Å². The molecule has 0 bridgehead atoms. The molecule has 108 valence electrons. The highest BCUT2D eigenvalue weighted by atomic mass is 15.3. The van der Waals surface area contributed by atoms with Gasteiger partial charge in [-0.05, 0) is 17.4 Å². The topological polar surface area (TPSA) is 43.8 Å². The maximum absolute atomic E-state index is 6.19. The van der Waals surface area contributed by atoms with Crippen LogP contribution in [0.5, 0.6) is 0 Å². The molecule has 20 heavy (non-hydrogen) atoms. The lowest BCUT2D eigenvalue weighted by Crippen LogP contribution is -2.13. The zero-order valence-corrected chi connectivity index (χ0v) is 13.2. The number of aromatic nitrogens is 2. The van der Waals surface area contributed by atoms with Gasteiger partial charge in [0.15, 0.2) is 0 Å². The Balaban J connectivity index is 2.66. The molecule has 2 N–H and O–H groups in total. The molecule has 0 saturated heterocycles. The fourth-order valence-electron chi connectivity index (χ4n) is 2.64. The van der Waals surface area contributed by atoms with Gasteiger partial charge in [-0.2, -0.15) is 5.10 Å². The summed E-state index contributed by atoms with van der Waals surface area (Å²) in [5, 5.41) is 4.66.